The van der Waals surface area contributed by atoms with Crippen LogP contribution in [0.2, 0.25) is 5.02 Å². The fraction of sp³-hybridized carbons (Fsp3) is 0.320. The van der Waals surface area contributed by atoms with Crippen LogP contribution in [-0.4, -0.2) is 58.0 Å². The van der Waals surface area contributed by atoms with Crippen molar-refractivity contribution in [3.05, 3.63) is 59.3 Å². The molecule has 2 aromatic heterocycles. The van der Waals surface area contributed by atoms with Gasteiger partial charge in [-0.05, 0) is 44.0 Å². The van der Waals surface area contributed by atoms with Gasteiger partial charge in [-0.3, -0.25) is 9.78 Å². The number of aromatic nitrogens is 3. The first kappa shape index (κ1) is 25.3. The molecular formula is C25H26ClFN6O3. The van der Waals surface area contributed by atoms with E-state index in [1.165, 1.54) is 24.4 Å². The topological polar surface area (TPSA) is 109 Å². The van der Waals surface area contributed by atoms with E-state index in [1.807, 2.05) is 4.90 Å². The SMILES string of the molecule is CCOC(=O)c1cncc(-c2cnc(Nc3ccc(F)c(Cl)c3)nc2NCCCN2CCCC2=O)c1. The number of ether oxygens (including phenoxy) is 1. The number of nitrogens with one attached hydrogen (secondary N) is 2. The first-order valence-electron chi connectivity index (χ1n) is 11.7. The molecule has 1 fully saturated rings. The predicted octanol–water partition coefficient (Wildman–Crippen LogP) is 4.68. The summed E-state index contributed by atoms with van der Waals surface area (Å²) < 4.78 is 18.6. The van der Waals surface area contributed by atoms with Crippen LogP contribution in [0.5, 0.6) is 0 Å². The maximum Gasteiger partial charge on any atom is 0.339 e. The summed E-state index contributed by atoms with van der Waals surface area (Å²) in [5, 5.41) is 6.31. The molecule has 0 bridgehead atoms. The van der Waals surface area contributed by atoms with Gasteiger partial charge in [0.25, 0.3) is 0 Å². The van der Waals surface area contributed by atoms with E-state index in [-0.39, 0.29) is 23.5 Å². The number of nitrogens with zero attached hydrogens (tertiary/aromatic N) is 4. The average molecular weight is 513 g/mol. The van der Waals surface area contributed by atoms with Crippen LogP contribution in [-0.2, 0) is 9.53 Å². The molecule has 3 aromatic rings. The van der Waals surface area contributed by atoms with Gasteiger partial charge in [0.05, 0.1) is 17.2 Å². The van der Waals surface area contributed by atoms with Crippen molar-refractivity contribution < 1.29 is 18.7 Å². The van der Waals surface area contributed by atoms with Gasteiger partial charge in [-0.15, -0.1) is 0 Å². The van der Waals surface area contributed by atoms with Crippen molar-refractivity contribution in [1.29, 1.82) is 0 Å². The Labute approximate surface area is 213 Å². The number of likely N-dealkylation sites (tertiary alicyclic amines) is 1. The van der Waals surface area contributed by atoms with Crippen LogP contribution in [0, 0.1) is 5.82 Å². The number of carbonyl (C=O) groups is 2. The molecule has 0 saturated carbocycles. The molecule has 1 aromatic carbocycles. The molecular weight excluding hydrogens is 487 g/mol. The summed E-state index contributed by atoms with van der Waals surface area (Å²) in [7, 11) is 0. The molecule has 36 heavy (non-hydrogen) atoms. The van der Waals surface area contributed by atoms with E-state index in [0.717, 1.165) is 19.4 Å². The number of pyridine rings is 1. The van der Waals surface area contributed by atoms with Crippen LogP contribution in [0.25, 0.3) is 11.1 Å². The van der Waals surface area contributed by atoms with Gasteiger partial charge in [0, 0.05) is 61.5 Å². The van der Waals surface area contributed by atoms with E-state index in [2.05, 4.69) is 25.6 Å². The summed E-state index contributed by atoms with van der Waals surface area (Å²) >= 11 is 5.89. The lowest BCUT2D eigenvalue weighted by Crippen LogP contribution is -2.27. The molecule has 1 aliphatic rings. The number of carbonyl (C=O) groups excluding carboxylic acids is 2. The molecule has 188 valence electrons. The van der Waals surface area contributed by atoms with Gasteiger partial charge in [0.1, 0.15) is 11.6 Å². The van der Waals surface area contributed by atoms with Crippen molar-refractivity contribution in [3.8, 4) is 11.1 Å². The van der Waals surface area contributed by atoms with Crippen molar-refractivity contribution in [2.24, 2.45) is 0 Å². The highest BCUT2D eigenvalue weighted by Gasteiger charge is 2.19. The highest BCUT2D eigenvalue weighted by molar-refractivity contribution is 6.31. The second kappa shape index (κ2) is 11.8. The molecule has 1 saturated heterocycles. The normalized spacial score (nSPS) is 13.1. The van der Waals surface area contributed by atoms with Gasteiger partial charge >= 0.3 is 5.97 Å². The number of hydrogen-bond donors (Lipinski definition) is 2. The van der Waals surface area contributed by atoms with Crippen molar-refractivity contribution in [3.63, 3.8) is 0 Å². The second-order valence-corrected chi connectivity index (χ2v) is 8.56. The maximum absolute atomic E-state index is 13.5. The van der Waals surface area contributed by atoms with Crippen LogP contribution < -0.4 is 10.6 Å². The van der Waals surface area contributed by atoms with Crippen LogP contribution >= 0.6 is 11.6 Å². The summed E-state index contributed by atoms with van der Waals surface area (Å²) in [6, 6.07) is 5.90. The Kier molecular flexibility index (Phi) is 8.27. The smallest absolute Gasteiger partial charge is 0.339 e. The lowest BCUT2D eigenvalue weighted by atomic mass is 10.1. The van der Waals surface area contributed by atoms with Gasteiger partial charge in [0.2, 0.25) is 11.9 Å². The summed E-state index contributed by atoms with van der Waals surface area (Å²) in [6.45, 7) is 4.00. The third kappa shape index (κ3) is 6.25. The Balaban J connectivity index is 1.57. The molecule has 0 spiro atoms. The average Bonchev–Trinajstić information content (AvgIpc) is 3.29. The van der Waals surface area contributed by atoms with Gasteiger partial charge in [-0.2, -0.15) is 4.98 Å². The minimum Gasteiger partial charge on any atom is -0.462 e. The van der Waals surface area contributed by atoms with E-state index in [0.29, 0.717) is 47.7 Å². The molecule has 0 aliphatic carbocycles. The Morgan fingerprint density at radius 2 is 2.11 bits per heavy atom. The lowest BCUT2D eigenvalue weighted by Gasteiger charge is -2.17. The largest absolute Gasteiger partial charge is 0.462 e. The Bertz CT molecular complexity index is 1260. The zero-order chi connectivity index (χ0) is 25.5. The van der Waals surface area contributed by atoms with Crippen molar-refractivity contribution in [2.75, 3.05) is 36.9 Å². The predicted molar refractivity (Wildman–Crippen MR) is 135 cm³/mol. The zero-order valence-electron chi connectivity index (χ0n) is 19.8. The number of halogens is 2. The van der Waals surface area contributed by atoms with E-state index < -0.39 is 11.8 Å². The first-order valence-corrected chi connectivity index (χ1v) is 12.1. The summed E-state index contributed by atoms with van der Waals surface area (Å²) in [5.41, 5.74) is 2.11. The molecule has 0 unspecified atom stereocenters. The van der Waals surface area contributed by atoms with Crippen LogP contribution in [0.15, 0.2) is 42.9 Å². The third-order valence-corrected chi connectivity index (χ3v) is 5.88. The fourth-order valence-electron chi connectivity index (χ4n) is 3.82. The molecule has 9 nitrogen and oxygen atoms in total. The summed E-state index contributed by atoms with van der Waals surface area (Å²) in [6.07, 6.45) is 6.90. The van der Waals surface area contributed by atoms with Crippen molar-refractivity contribution in [2.45, 2.75) is 26.2 Å². The molecule has 0 radical (unpaired) electrons. The number of benzene rings is 1. The van der Waals surface area contributed by atoms with E-state index in [4.69, 9.17) is 16.3 Å². The van der Waals surface area contributed by atoms with Crippen LogP contribution in [0.4, 0.5) is 21.8 Å². The van der Waals surface area contributed by atoms with Crippen molar-refractivity contribution in [1.82, 2.24) is 19.9 Å². The minimum absolute atomic E-state index is 0.0201. The monoisotopic (exact) mass is 512 g/mol. The fourth-order valence-corrected chi connectivity index (χ4v) is 4.00. The van der Waals surface area contributed by atoms with E-state index >= 15 is 0 Å². The van der Waals surface area contributed by atoms with Gasteiger partial charge in [-0.25, -0.2) is 14.2 Å². The third-order valence-electron chi connectivity index (χ3n) is 5.59. The molecule has 4 rings (SSSR count). The lowest BCUT2D eigenvalue weighted by molar-refractivity contribution is -0.127. The molecule has 11 heteroatoms. The molecule has 1 amide bonds. The highest BCUT2D eigenvalue weighted by Crippen LogP contribution is 2.29. The first-order chi connectivity index (χ1) is 17.4. The van der Waals surface area contributed by atoms with Crippen LogP contribution in [0.3, 0.4) is 0 Å². The van der Waals surface area contributed by atoms with Crippen LogP contribution in [0.1, 0.15) is 36.5 Å². The minimum atomic E-state index is -0.522. The number of esters is 1. The summed E-state index contributed by atoms with van der Waals surface area (Å²) in [4.78, 5) is 39.1. The number of amides is 1. The Morgan fingerprint density at radius 3 is 2.86 bits per heavy atom. The highest BCUT2D eigenvalue weighted by atomic mass is 35.5. The quantitative estimate of drug-likeness (QED) is 0.298. The van der Waals surface area contributed by atoms with E-state index in [9.17, 15) is 14.0 Å². The van der Waals surface area contributed by atoms with E-state index in [1.54, 1.807) is 25.4 Å². The molecule has 2 N–H and O–H groups in total. The standard InChI is InChI=1S/C25H26ClFN6O3/c1-2-36-24(35)17-11-16(13-28-14-17)19-15-30-25(31-18-6-7-21(27)20(26)12-18)32-23(19)29-8-4-10-33-9-3-5-22(33)34/h6-7,11-15H,2-5,8-10H2,1H3,(H2,29,30,31,32). The molecule has 3 heterocycles. The Morgan fingerprint density at radius 1 is 1.25 bits per heavy atom. The van der Waals surface area contributed by atoms with Gasteiger partial charge in [-0.1, -0.05) is 11.6 Å². The summed E-state index contributed by atoms with van der Waals surface area (Å²) in [5.74, 6) is -0.0243. The van der Waals surface area contributed by atoms with Gasteiger partial charge < -0.3 is 20.3 Å². The number of rotatable bonds is 10. The zero-order valence-corrected chi connectivity index (χ0v) is 20.5. The van der Waals surface area contributed by atoms with Gasteiger partial charge in [0.15, 0.2) is 0 Å². The van der Waals surface area contributed by atoms with Crippen molar-refractivity contribution >= 4 is 40.9 Å². The number of hydrogen-bond acceptors (Lipinski definition) is 8. The number of anilines is 3. The Hall–Kier alpha value is -3.79. The second-order valence-electron chi connectivity index (χ2n) is 8.16. The maximum atomic E-state index is 13.5. The molecule has 1 aliphatic heterocycles. The molecule has 0 atom stereocenters.